The van der Waals surface area contributed by atoms with Crippen molar-refractivity contribution in [2.24, 2.45) is 17.8 Å². The van der Waals surface area contributed by atoms with Crippen LogP contribution in [0.5, 0.6) is 0 Å². The van der Waals surface area contributed by atoms with E-state index in [1.165, 1.54) is 0 Å². The van der Waals surface area contributed by atoms with Crippen LogP contribution < -0.4 is 0 Å². The molecule has 0 aliphatic heterocycles. The van der Waals surface area contributed by atoms with Crippen molar-refractivity contribution in [2.45, 2.75) is 27.7 Å². The summed E-state index contributed by atoms with van der Waals surface area (Å²) in [5.74, 6) is 0.687. The molecule has 0 aliphatic carbocycles. The van der Waals surface area contributed by atoms with Gasteiger partial charge in [-0.15, -0.1) is 0 Å². The lowest BCUT2D eigenvalue weighted by Crippen LogP contribution is -2.24. The number of rotatable bonds is 7. The Labute approximate surface area is 97.6 Å². The van der Waals surface area contributed by atoms with Crippen LogP contribution in [0.2, 0.25) is 0 Å². The van der Waals surface area contributed by atoms with E-state index in [0.717, 1.165) is 0 Å². The normalized spacial score (nSPS) is 14.9. The van der Waals surface area contributed by atoms with Crippen LogP contribution in [-0.4, -0.2) is 27.4 Å². The molecule has 0 saturated carbocycles. The Kier molecular flexibility index (Phi) is 6.80. The van der Waals surface area contributed by atoms with Gasteiger partial charge in [-0.3, -0.25) is 0 Å². The predicted octanol–water partition coefficient (Wildman–Crippen LogP) is 2.50. The minimum Gasteiger partial charge on any atom is -0.381 e. The van der Waals surface area contributed by atoms with Crippen LogP contribution in [0.25, 0.3) is 0 Å². The van der Waals surface area contributed by atoms with Gasteiger partial charge < -0.3 is 4.74 Å². The Bertz CT molecular complexity index is 260. The summed E-state index contributed by atoms with van der Waals surface area (Å²) in [7, 11) is 1.80. The summed E-state index contributed by atoms with van der Waals surface area (Å²) >= 11 is 0. The molecule has 0 aromatic heterocycles. The van der Waals surface area contributed by atoms with Crippen molar-refractivity contribution in [2.75, 3.05) is 19.0 Å². The zero-order valence-electron chi connectivity index (χ0n) is 9.86. The highest BCUT2D eigenvalue weighted by Crippen LogP contribution is 2.16. The van der Waals surface area contributed by atoms with Crippen molar-refractivity contribution in [3.8, 4) is 0 Å². The summed E-state index contributed by atoms with van der Waals surface area (Å²) in [5, 5.41) is 0. The lowest BCUT2D eigenvalue weighted by molar-refractivity contribution is 0.0725. The highest BCUT2D eigenvalue weighted by atomic mass is 35.7. The standard InChI is InChI=1S/C10H21ClO3S/c1-8(2)5-14-6-10(9(3)4)7-15(11,12)13/h8-10H,5-7H2,1-4H3. The highest BCUT2D eigenvalue weighted by molar-refractivity contribution is 8.13. The summed E-state index contributed by atoms with van der Waals surface area (Å²) in [6, 6.07) is 0. The van der Waals surface area contributed by atoms with E-state index >= 15 is 0 Å². The maximum absolute atomic E-state index is 11.0. The van der Waals surface area contributed by atoms with Gasteiger partial charge in [-0.25, -0.2) is 8.42 Å². The molecule has 0 aliphatic rings. The van der Waals surface area contributed by atoms with Crippen molar-refractivity contribution in [1.29, 1.82) is 0 Å². The summed E-state index contributed by atoms with van der Waals surface area (Å²) in [6.07, 6.45) is 0. The zero-order chi connectivity index (χ0) is 12.1. The summed E-state index contributed by atoms with van der Waals surface area (Å²) in [5.41, 5.74) is 0. The first kappa shape index (κ1) is 15.2. The molecule has 15 heavy (non-hydrogen) atoms. The van der Waals surface area contributed by atoms with Gasteiger partial charge in [0.1, 0.15) is 0 Å². The van der Waals surface area contributed by atoms with E-state index < -0.39 is 9.05 Å². The molecule has 0 radical (unpaired) electrons. The van der Waals surface area contributed by atoms with Crippen LogP contribution in [0.1, 0.15) is 27.7 Å². The van der Waals surface area contributed by atoms with E-state index in [9.17, 15) is 8.42 Å². The molecule has 1 unspecified atom stereocenters. The molecular weight excluding hydrogens is 236 g/mol. The molecule has 0 aromatic carbocycles. The molecule has 0 bridgehead atoms. The van der Waals surface area contributed by atoms with Crippen molar-refractivity contribution in [1.82, 2.24) is 0 Å². The molecule has 0 heterocycles. The van der Waals surface area contributed by atoms with E-state index in [1.807, 2.05) is 13.8 Å². The second-order valence-electron chi connectivity index (χ2n) is 4.64. The average molecular weight is 257 g/mol. The van der Waals surface area contributed by atoms with E-state index in [4.69, 9.17) is 15.4 Å². The third-order valence-corrected chi connectivity index (χ3v) is 3.34. The van der Waals surface area contributed by atoms with Gasteiger partial charge in [0.25, 0.3) is 0 Å². The van der Waals surface area contributed by atoms with Crippen molar-refractivity contribution in [3.05, 3.63) is 0 Å². The largest absolute Gasteiger partial charge is 0.381 e. The van der Waals surface area contributed by atoms with Crippen molar-refractivity contribution >= 4 is 19.7 Å². The maximum atomic E-state index is 11.0. The van der Waals surface area contributed by atoms with Gasteiger partial charge in [0.2, 0.25) is 9.05 Å². The summed E-state index contributed by atoms with van der Waals surface area (Å²) in [4.78, 5) is 0. The van der Waals surface area contributed by atoms with Gasteiger partial charge in [-0.2, -0.15) is 0 Å². The first-order valence-electron chi connectivity index (χ1n) is 5.22. The van der Waals surface area contributed by atoms with Gasteiger partial charge in [-0.1, -0.05) is 27.7 Å². The SMILES string of the molecule is CC(C)COCC(CS(=O)(=O)Cl)C(C)C. The molecular formula is C10H21ClO3S. The molecule has 0 N–H and O–H groups in total. The van der Waals surface area contributed by atoms with Crippen LogP contribution >= 0.6 is 10.7 Å². The Morgan fingerprint density at radius 2 is 1.67 bits per heavy atom. The number of hydrogen-bond acceptors (Lipinski definition) is 3. The second kappa shape index (κ2) is 6.71. The molecule has 0 fully saturated rings. The van der Waals surface area contributed by atoms with Gasteiger partial charge in [0.15, 0.2) is 0 Å². The fraction of sp³-hybridized carbons (Fsp3) is 1.00. The smallest absolute Gasteiger partial charge is 0.232 e. The van der Waals surface area contributed by atoms with E-state index in [2.05, 4.69) is 13.8 Å². The highest BCUT2D eigenvalue weighted by Gasteiger charge is 2.20. The fourth-order valence-corrected chi connectivity index (χ4v) is 2.62. The topological polar surface area (TPSA) is 43.4 Å². The van der Waals surface area contributed by atoms with E-state index in [-0.39, 0.29) is 17.6 Å². The lowest BCUT2D eigenvalue weighted by atomic mass is 9.99. The fourth-order valence-electron chi connectivity index (χ4n) is 1.14. The monoisotopic (exact) mass is 256 g/mol. The van der Waals surface area contributed by atoms with E-state index in [1.54, 1.807) is 0 Å². The molecule has 5 heteroatoms. The third kappa shape index (κ3) is 9.15. The first-order chi connectivity index (χ1) is 6.72. The Balaban J connectivity index is 4.07. The molecule has 0 amide bonds. The van der Waals surface area contributed by atoms with Crippen LogP contribution in [0.4, 0.5) is 0 Å². The predicted molar refractivity (Wildman–Crippen MR) is 63.6 cm³/mol. The van der Waals surface area contributed by atoms with Gasteiger partial charge in [-0.05, 0) is 17.8 Å². The molecule has 92 valence electrons. The van der Waals surface area contributed by atoms with Crippen LogP contribution in [0.15, 0.2) is 0 Å². The number of hydrogen-bond donors (Lipinski definition) is 0. The molecule has 0 saturated heterocycles. The summed E-state index contributed by atoms with van der Waals surface area (Å²) in [6.45, 7) is 9.19. The summed E-state index contributed by atoms with van der Waals surface area (Å²) < 4.78 is 27.3. The Morgan fingerprint density at radius 3 is 2.00 bits per heavy atom. The van der Waals surface area contributed by atoms with Gasteiger partial charge >= 0.3 is 0 Å². The van der Waals surface area contributed by atoms with Crippen LogP contribution in [0, 0.1) is 17.8 Å². The average Bonchev–Trinajstić information content (AvgIpc) is 1.99. The molecule has 1 atom stereocenters. The molecule has 0 rings (SSSR count). The Hall–Kier alpha value is 0.200. The zero-order valence-corrected chi connectivity index (χ0v) is 11.4. The minimum absolute atomic E-state index is 0.00961. The minimum atomic E-state index is -3.43. The Morgan fingerprint density at radius 1 is 1.13 bits per heavy atom. The van der Waals surface area contributed by atoms with Gasteiger partial charge in [0.05, 0.1) is 12.4 Å². The first-order valence-corrected chi connectivity index (χ1v) is 7.70. The molecule has 0 aromatic rings. The molecule has 0 spiro atoms. The van der Waals surface area contributed by atoms with Crippen LogP contribution in [0.3, 0.4) is 0 Å². The maximum Gasteiger partial charge on any atom is 0.232 e. The van der Waals surface area contributed by atoms with Gasteiger partial charge in [0, 0.05) is 17.3 Å². The van der Waals surface area contributed by atoms with E-state index in [0.29, 0.717) is 19.1 Å². The van der Waals surface area contributed by atoms with Crippen molar-refractivity contribution in [3.63, 3.8) is 0 Å². The number of halogens is 1. The number of ether oxygens (including phenoxy) is 1. The molecule has 3 nitrogen and oxygen atoms in total. The third-order valence-electron chi connectivity index (χ3n) is 2.14. The second-order valence-corrected chi connectivity index (χ2v) is 7.46. The van der Waals surface area contributed by atoms with Crippen molar-refractivity contribution < 1.29 is 13.2 Å². The van der Waals surface area contributed by atoms with Crippen LogP contribution in [-0.2, 0) is 13.8 Å². The quantitative estimate of drug-likeness (QED) is 0.658. The lowest BCUT2D eigenvalue weighted by Gasteiger charge is -2.19.